The van der Waals surface area contributed by atoms with Gasteiger partial charge in [0.25, 0.3) is 11.6 Å². The highest BCUT2D eigenvalue weighted by Gasteiger charge is 2.19. The van der Waals surface area contributed by atoms with Crippen LogP contribution >= 0.6 is 11.8 Å². The quantitative estimate of drug-likeness (QED) is 0.394. The smallest absolute Gasteiger partial charge is 0.284 e. The summed E-state index contributed by atoms with van der Waals surface area (Å²) in [6, 6.07) is 4.41. The number of carbonyl (C=O) groups excluding carboxylic acids is 1. The van der Waals surface area contributed by atoms with E-state index in [-0.39, 0.29) is 17.2 Å². The Morgan fingerprint density at radius 1 is 1.36 bits per heavy atom. The van der Waals surface area contributed by atoms with E-state index in [1.165, 1.54) is 12.4 Å². The third kappa shape index (κ3) is 5.26. The van der Waals surface area contributed by atoms with Crippen LogP contribution in [0.3, 0.4) is 0 Å². The third-order valence-electron chi connectivity index (χ3n) is 3.30. The minimum Gasteiger partial charge on any atom is -0.351 e. The fourth-order valence-corrected chi connectivity index (χ4v) is 2.87. The zero-order chi connectivity index (χ0) is 18.2. The van der Waals surface area contributed by atoms with E-state index in [1.54, 1.807) is 23.7 Å². The number of hydrogen-bond acceptors (Lipinski definition) is 7. The monoisotopic (exact) mass is 364 g/mol. The zero-order valence-corrected chi connectivity index (χ0v) is 14.9. The molecule has 0 spiro atoms. The van der Waals surface area contributed by atoms with Gasteiger partial charge in [-0.15, -0.1) is 10.2 Å². The number of nitrogens with one attached hydrogen (secondary N) is 2. The second-order valence-electron chi connectivity index (χ2n) is 5.27. The average molecular weight is 364 g/mol. The van der Waals surface area contributed by atoms with Crippen molar-refractivity contribution in [2.24, 2.45) is 7.05 Å². The summed E-state index contributed by atoms with van der Waals surface area (Å²) >= 11 is 1.13. The number of nitrogens with zero attached hydrogens (tertiary/aromatic N) is 4. The Morgan fingerprint density at radius 2 is 2.16 bits per heavy atom. The van der Waals surface area contributed by atoms with Crippen LogP contribution in [0.4, 0.5) is 5.69 Å². The Labute approximate surface area is 149 Å². The highest BCUT2D eigenvalue weighted by atomic mass is 32.2. The first kappa shape index (κ1) is 18.9. The number of hydrogen-bond donors (Lipinski definition) is 2. The molecule has 9 nitrogen and oxygen atoms in total. The first-order chi connectivity index (χ1) is 12.0. The van der Waals surface area contributed by atoms with Crippen LogP contribution in [0.15, 0.2) is 34.6 Å². The lowest BCUT2D eigenvalue weighted by Gasteiger charge is -2.07. The average Bonchev–Trinajstić information content (AvgIpc) is 2.99. The Hall–Kier alpha value is -2.46. The summed E-state index contributed by atoms with van der Waals surface area (Å²) in [5.41, 5.74) is 0.120. The molecule has 0 saturated heterocycles. The van der Waals surface area contributed by atoms with Crippen molar-refractivity contribution >= 4 is 23.4 Å². The summed E-state index contributed by atoms with van der Waals surface area (Å²) in [6.07, 6.45) is 2.54. The maximum Gasteiger partial charge on any atom is 0.284 e. The summed E-state index contributed by atoms with van der Waals surface area (Å²) in [4.78, 5) is 23.4. The Morgan fingerprint density at radius 3 is 2.80 bits per heavy atom. The van der Waals surface area contributed by atoms with E-state index in [2.05, 4.69) is 27.8 Å². The molecule has 0 unspecified atom stereocenters. The highest BCUT2D eigenvalue weighted by Crippen LogP contribution is 2.34. The van der Waals surface area contributed by atoms with Gasteiger partial charge in [-0.05, 0) is 36.9 Å². The van der Waals surface area contributed by atoms with Gasteiger partial charge < -0.3 is 15.2 Å². The molecule has 0 aliphatic carbocycles. The lowest BCUT2D eigenvalue weighted by atomic mass is 10.2. The van der Waals surface area contributed by atoms with Crippen molar-refractivity contribution < 1.29 is 9.72 Å². The van der Waals surface area contributed by atoms with Crippen LogP contribution in [-0.4, -0.2) is 45.2 Å². The van der Waals surface area contributed by atoms with Crippen LogP contribution in [-0.2, 0) is 7.05 Å². The van der Waals surface area contributed by atoms with Crippen molar-refractivity contribution in [2.45, 2.75) is 23.4 Å². The number of carbonyl (C=O) groups is 1. The lowest BCUT2D eigenvalue weighted by Crippen LogP contribution is -2.32. The number of aromatic nitrogens is 3. The first-order valence-electron chi connectivity index (χ1n) is 7.82. The van der Waals surface area contributed by atoms with Crippen molar-refractivity contribution in [2.75, 3.05) is 19.6 Å². The summed E-state index contributed by atoms with van der Waals surface area (Å²) in [6.45, 7) is 4.06. The maximum atomic E-state index is 12.1. The number of amides is 1. The van der Waals surface area contributed by atoms with E-state index in [0.717, 1.165) is 24.7 Å². The molecular formula is C15H20N6O3S. The van der Waals surface area contributed by atoms with Gasteiger partial charge in [0.2, 0.25) is 0 Å². The molecule has 1 heterocycles. The van der Waals surface area contributed by atoms with Gasteiger partial charge in [0.15, 0.2) is 5.16 Å². The fourth-order valence-electron chi connectivity index (χ4n) is 2.02. The Bertz CT molecular complexity index is 749. The van der Waals surface area contributed by atoms with Gasteiger partial charge in [-0.25, -0.2) is 0 Å². The van der Waals surface area contributed by atoms with E-state index >= 15 is 0 Å². The van der Waals surface area contributed by atoms with Crippen LogP contribution in [0.2, 0.25) is 0 Å². The predicted molar refractivity (Wildman–Crippen MR) is 93.7 cm³/mol. The SMILES string of the molecule is CCCNCCNC(=O)c1ccc(Sc2nncn2C)c([N+](=O)[O-])c1. The largest absolute Gasteiger partial charge is 0.351 e. The lowest BCUT2D eigenvalue weighted by molar-refractivity contribution is -0.387. The van der Waals surface area contributed by atoms with E-state index in [9.17, 15) is 14.9 Å². The topological polar surface area (TPSA) is 115 Å². The van der Waals surface area contributed by atoms with Gasteiger partial charge in [0, 0.05) is 31.8 Å². The van der Waals surface area contributed by atoms with Gasteiger partial charge in [-0.1, -0.05) is 6.92 Å². The molecule has 134 valence electrons. The van der Waals surface area contributed by atoms with Crippen molar-refractivity contribution in [3.63, 3.8) is 0 Å². The standard InChI is InChI=1S/C15H20N6O3S/c1-3-6-16-7-8-17-14(22)11-4-5-13(12(9-11)21(23)24)25-15-19-18-10-20(15)2/h4-5,9-10,16H,3,6-8H2,1-2H3,(H,17,22). The second-order valence-corrected chi connectivity index (χ2v) is 6.28. The molecule has 0 aliphatic heterocycles. The molecule has 1 aromatic carbocycles. The molecular weight excluding hydrogens is 344 g/mol. The van der Waals surface area contributed by atoms with E-state index in [0.29, 0.717) is 23.1 Å². The number of nitro benzene ring substituents is 1. The number of rotatable bonds is 9. The van der Waals surface area contributed by atoms with E-state index in [4.69, 9.17) is 0 Å². The van der Waals surface area contributed by atoms with Crippen LogP contribution in [0.5, 0.6) is 0 Å². The van der Waals surface area contributed by atoms with Gasteiger partial charge >= 0.3 is 0 Å². The van der Waals surface area contributed by atoms with Crippen molar-refractivity contribution in [1.82, 2.24) is 25.4 Å². The van der Waals surface area contributed by atoms with Crippen LogP contribution in [0.25, 0.3) is 0 Å². The minimum absolute atomic E-state index is 0.134. The number of nitro groups is 1. The Balaban J connectivity index is 2.08. The molecule has 0 saturated carbocycles. The summed E-state index contributed by atoms with van der Waals surface area (Å²) in [5, 5.41) is 25.4. The molecule has 0 bridgehead atoms. The third-order valence-corrected chi connectivity index (χ3v) is 4.42. The number of aryl methyl sites for hydroxylation is 1. The van der Waals surface area contributed by atoms with E-state index in [1.807, 2.05) is 0 Å². The van der Waals surface area contributed by atoms with E-state index < -0.39 is 4.92 Å². The molecule has 2 N–H and O–H groups in total. The zero-order valence-electron chi connectivity index (χ0n) is 14.1. The highest BCUT2D eigenvalue weighted by molar-refractivity contribution is 7.99. The molecule has 2 aromatic rings. The van der Waals surface area contributed by atoms with Crippen LogP contribution in [0, 0.1) is 10.1 Å². The van der Waals surface area contributed by atoms with Crippen molar-refractivity contribution in [3.05, 3.63) is 40.2 Å². The van der Waals surface area contributed by atoms with Gasteiger partial charge in [-0.2, -0.15) is 0 Å². The number of benzene rings is 1. The van der Waals surface area contributed by atoms with Gasteiger partial charge in [-0.3, -0.25) is 14.9 Å². The summed E-state index contributed by atoms with van der Waals surface area (Å²) < 4.78 is 1.66. The van der Waals surface area contributed by atoms with Gasteiger partial charge in [0.05, 0.1) is 9.82 Å². The summed E-state index contributed by atoms with van der Waals surface area (Å²) in [7, 11) is 1.75. The first-order valence-corrected chi connectivity index (χ1v) is 8.63. The van der Waals surface area contributed by atoms with Crippen molar-refractivity contribution in [3.8, 4) is 0 Å². The summed E-state index contributed by atoms with van der Waals surface area (Å²) in [5.74, 6) is -0.336. The molecule has 1 aromatic heterocycles. The molecule has 1 amide bonds. The van der Waals surface area contributed by atoms with Crippen molar-refractivity contribution in [1.29, 1.82) is 0 Å². The maximum absolute atomic E-state index is 12.1. The normalized spacial score (nSPS) is 10.6. The molecule has 0 atom stereocenters. The second kappa shape index (κ2) is 9.14. The minimum atomic E-state index is -0.502. The fraction of sp³-hybridized carbons (Fsp3) is 0.400. The van der Waals surface area contributed by atoms with Crippen LogP contribution in [0.1, 0.15) is 23.7 Å². The Kier molecular flexibility index (Phi) is 6.90. The predicted octanol–water partition coefficient (Wildman–Crippen LogP) is 1.60. The van der Waals surface area contributed by atoms with Gasteiger partial charge in [0.1, 0.15) is 6.33 Å². The molecule has 25 heavy (non-hydrogen) atoms. The molecule has 10 heteroatoms. The van der Waals surface area contributed by atoms with Crippen LogP contribution < -0.4 is 10.6 Å². The molecule has 0 radical (unpaired) electrons. The molecule has 0 aliphatic rings. The molecule has 2 rings (SSSR count). The molecule has 0 fully saturated rings.